The minimum Gasteiger partial charge on any atom is -0.224 e. The van der Waals surface area contributed by atoms with Crippen LogP contribution in [0.5, 0.6) is 0 Å². The molecule has 0 aromatic rings. The van der Waals surface area contributed by atoms with Crippen molar-refractivity contribution in [3.05, 3.63) is 12.0 Å². The molecule has 0 amide bonds. The number of fused-ring (bicyclic) bond motifs is 2. The van der Waals surface area contributed by atoms with Crippen LogP contribution in [-0.4, -0.2) is 13.7 Å². The van der Waals surface area contributed by atoms with Crippen LogP contribution in [0.2, 0.25) is 0 Å². The molecule has 2 fully saturated rings. The average molecular weight is 186 g/mol. The summed E-state index contributed by atoms with van der Waals surface area (Å²) in [4.78, 5) is 0. The first-order valence-corrected chi connectivity index (χ1v) is 6.11. The smallest absolute Gasteiger partial charge is 0.174 e. The van der Waals surface area contributed by atoms with Gasteiger partial charge in [-0.05, 0) is 31.1 Å². The molecule has 68 valence electrons. The number of hydrogen-bond acceptors (Lipinski definition) is 2. The summed E-state index contributed by atoms with van der Waals surface area (Å²) >= 11 is 0. The molecule has 0 spiro atoms. The molecule has 2 aliphatic rings. The van der Waals surface area contributed by atoms with Crippen molar-refractivity contribution in [2.75, 3.05) is 0 Å². The van der Waals surface area contributed by atoms with E-state index in [-0.39, 0.29) is 5.25 Å². The first-order valence-electron chi connectivity index (χ1n) is 4.50. The summed E-state index contributed by atoms with van der Waals surface area (Å²) in [6, 6.07) is 0. The molecule has 2 bridgehead atoms. The van der Waals surface area contributed by atoms with E-state index in [9.17, 15) is 8.42 Å². The zero-order valence-electron chi connectivity index (χ0n) is 7.07. The molecule has 2 aliphatic carbocycles. The molecule has 2 nitrogen and oxygen atoms in total. The maximum atomic E-state index is 11.5. The Morgan fingerprint density at radius 3 is 2.42 bits per heavy atom. The molecule has 3 atom stereocenters. The van der Waals surface area contributed by atoms with Crippen LogP contribution in [0.25, 0.3) is 0 Å². The molecule has 3 unspecified atom stereocenters. The van der Waals surface area contributed by atoms with Gasteiger partial charge in [0, 0.05) is 5.41 Å². The Morgan fingerprint density at radius 1 is 1.25 bits per heavy atom. The van der Waals surface area contributed by atoms with Gasteiger partial charge in [0.2, 0.25) is 0 Å². The van der Waals surface area contributed by atoms with E-state index in [1.165, 1.54) is 6.42 Å². The van der Waals surface area contributed by atoms with Gasteiger partial charge in [0.05, 0.1) is 5.25 Å². The highest BCUT2D eigenvalue weighted by Gasteiger charge is 2.44. The van der Waals surface area contributed by atoms with E-state index in [1.807, 2.05) is 0 Å². The van der Waals surface area contributed by atoms with Crippen molar-refractivity contribution in [3.63, 3.8) is 0 Å². The van der Waals surface area contributed by atoms with Crippen molar-refractivity contribution in [1.29, 1.82) is 0 Å². The van der Waals surface area contributed by atoms with Gasteiger partial charge in [0.1, 0.15) is 0 Å². The van der Waals surface area contributed by atoms with Crippen LogP contribution in [0, 0.1) is 11.8 Å². The SMILES string of the molecule is C=CS(=O)(=O)C1CC2CCC1C2. The van der Waals surface area contributed by atoms with E-state index < -0.39 is 9.84 Å². The van der Waals surface area contributed by atoms with Crippen molar-refractivity contribution < 1.29 is 8.42 Å². The normalized spacial score (nSPS) is 40.2. The van der Waals surface area contributed by atoms with Crippen molar-refractivity contribution in [3.8, 4) is 0 Å². The molecule has 0 aromatic heterocycles. The Balaban J connectivity index is 2.23. The molecule has 0 heterocycles. The lowest BCUT2D eigenvalue weighted by atomic mass is 10.0. The number of sulfone groups is 1. The van der Waals surface area contributed by atoms with Crippen LogP contribution >= 0.6 is 0 Å². The summed E-state index contributed by atoms with van der Waals surface area (Å²) < 4.78 is 22.9. The van der Waals surface area contributed by atoms with E-state index in [0.717, 1.165) is 24.7 Å². The topological polar surface area (TPSA) is 34.1 Å². The molecule has 12 heavy (non-hydrogen) atoms. The third-order valence-electron chi connectivity index (χ3n) is 3.33. The minimum absolute atomic E-state index is 0.0891. The number of rotatable bonds is 2. The van der Waals surface area contributed by atoms with Gasteiger partial charge < -0.3 is 0 Å². The summed E-state index contributed by atoms with van der Waals surface area (Å²) in [5, 5.41) is 1.05. The summed E-state index contributed by atoms with van der Waals surface area (Å²) in [6.45, 7) is 3.37. The van der Waals surface area contributed by atoms with Crippen LogP contribution in [0.15, 0.2) is 12.0 Å². The fourth-order valence-electron chi connectivity index (χ4n) is 2.71. The fraction of sp³-hybridized carbons (Fsp3) is 0.778. The highest BCUT2D eigenvalue weighted by atomic mass is 32.2. The maximum absolute atomic E-state index is 11.5. The monoisotopic (exact) mass is 186 g/mol. The summed E-state index contributed by atoms with van der Waals surface area (Å²) in [6.07, 6.45) is 4.38. The molecule has 0 aliphatic heterocycles. The van der Waals surface area contributed by atoms with Gasteiger partial charge in [-0.3, -0.25) is 0 Å². The third kappa shape index (κ3) is 1.11. The number of hydrogen-bond donors (Lipinski definition) is 0. The highest BCUT2D eigenvalue weighted by molar-refractivity contribution is 7.94. The molecule has 0 N–H and O–H groups in total. The highest BCUT2D eigenvalue weighted by Crippen LogP contribution is 2.47. The quantitative estimate of drug-likeness (QED) is 0.658. The first-order chi connectivity index (χ1) is 5.63. The molecule has 2 rings (SSSR count). The average Bonchev–Trinajstić information content (AvgIpc) is 2.64. The molecular formula is C9H14O2S. The Labute approximate surface area is 73.6 Å². The van der Waals surface area contributed by atoms with E-state index in [2.05, 4.69) is 6.58 Å². The lowest BCUT2D eigenvalue weighted by Crippen LogP contribution is -2.25. The Hall–Kier alpha value is -0.310. The van der Waals surface area contributed by atoms with Gasteiger partial charge >= 0.3 is 0 Å². The molecule has 3 heteroatoms. The predicted octanol–water partition coefficient (Wildman–Crippen LogP) is 1.73. The second kappa shape index (κ2) is 2.59. The van der Waals surface area contributed by atoms with Crippen LogP contribution < -0.4 is 0 Å². The Kier molecular flexibility index (Phi) is 1.79. The molecular weight excluding hydrogens is 172 g/mol. The maximum Gasteiger partial charge on any atom is 0.174 e. The van der Waals surface area contributed by atoms with Gasteiger partial charge in [0.15, 0.2) is 9.84 Å². The standard InChI is InChI=1S/C9H14O2S/c1-2-12(10,11)9-6-7-3-4-8(9)5-7/h2,7-9H,1,3-6H2. The summed E-state index contributed by atoms with van der Waals surface area (Å²) in [5.41, 5.74) is 0. The van der Waals surface area contributed by atoms with Crippen LogP contribution in [0.4, 0.5) is 0 Å². The Morgan fingerprint density at radius 2 is 2.00 bits per heavy atom. The largest absolute Gasteiger partial charge is 0.224 e. The molecule has 0 radical (unpaired) electrons. The van der Waals surface area contributed by atoms with Crippen LogP contribution in [-0.2, 0) is 9.84 Å². The molecule has 2 saturated carbocycles. The third-order valence-corrected chi connectivity index (χ3v) is 5.21. The second-order valence-electron chi connectivity index (χ2n) is 3.97. The molecule has 0 aromatic carbocycles. The molecule has 0 saturated heterocycles. The van der Waals surface area contributed by atoms with E-state index in [0.29, 0.717) is 11.8 Å². The zero-order chi connectivity index (χ0) is 8.77. The summed E-state index contributed by atoms with van der Waals surface area (Å²) in [5.74, 6) is 1.13. The fourth-order valence-corrected chi connectivity index (χ4v) is 4.28. The van der Waals surface area contributed by atoms with Crippen molar-refractivity contribution in [2.24, 2.45) is 11.8 Å². The van der Waals surface area contributed by atoms with Crippen molar-refractivity contribution >= 4 is 9.84 Å². The summed E-state index contributed by atoms with van der Waals surface area (Å²) in [7, 11) is -2.96. The van der Waals surface area contributed by atoms with Gasteiger partial charge in [-0.15, -0.1) is 0 Å². The predicted molar refractivity (Wildman–Crippen MR) is 48.4 cm³/mol. The van der Waals surface area contributed by atoms with Gasteiger partial charge in [0.25, 0.3) is 0 Å². The van der Waals surface area contributed by atoms with Crippen LogP contribution in [0.1, 0.15) is 25.7 Å². The van der Waals surface area contributed by atoms with Gasteiger partial charge in [-0.25, -0.2) is 8.42 Å². The second-order valence-corrected chi connectivity index (χ2v) is 6.09. The van der Waals surface area contributed by atoms with Gasteiger partial charge in [-0.2, -0.15) is 0 Å². The minimum atomic E-state index is -2.96. The first kappa shape index (κ1) is 8.30. The van der Waals surface area contributed by atoms with Gasteiger partial charge in [-0.1, -0.05) is 13.0 Å². The Bertz CT molecular complexity index is 292. The van der Waals surface area contributed by atoms with Crippen LogP contribution in [0.3, 0.4) is 0 Å². The van der Waals surface area contributed by atoms with E-state index in [1.54, 1.807) is 0 Å². The van der Waals surface area contributed by atoms with E-state index >= 15 is 0 Å². The van der Waals surface area contributed by atoms with E-state index in [4.69, 9.17) is 0 Å². The van der Waals surface area contributed by atoms with Crippen molar-refractivity contribution in [2.45, 2.75) is 30.9 Å². The zero-order valence-corrected chi connectivity index (χ0v) is 7.89. The lowest BCUT2D eigenvalue weighted by Gasteiger charge is -2.19. The lowest BCUT2D eigenvalue weighted by molar-refractivity contribution is 0.468. The van der Waals surface area contributed by atoms with Crippen molar-refractivity contribution in [1.82, 2.24) is 0 Å².